The van der Waals surface area contributed by atoms with E-state index in [4.69, 9.17) is 0 Å². The molecule has 0 bridgehead atoms. The van der Waals surface area contributed by atoms with E-state index < -0.39 is 11.7 Å². The number of halogens is 3. The van der Waals surface area contributed by atoms with Gasteiger partial charge in [-0.1, -0.05) is 12.1 Å². The summed E-state index contributed by atoms with van der Waals surface area (Å²) in [6.07, 6.45) is -1.12. The molecule has 1 aliphatic heterocycles. The van der Waals surface area contributed by atoms with Crippen molar-refractivity contribution in [2.75, 3.05) is 49.3 Å². The van der Waals surface area contributed by atoms with Gasteiger partial charge in [-0.15, -0.1) is 0 Å². The number of hydrazine groups is 1. The molecule has 8 nitrogen and oxygen atoms in total. The van der Waals surface area contributed by atoms with Gasteiger partial charge in [-0.05, 0) is 55.9 Å². The summed E-state index contributed by atoms with van der Waals surface area (Å²) < 4.78 is 39.3. The number of likely N-dealkylation sites (N-methyl/N-ethyl adjacent to an activating group) is 1. The number of piperazine rings is 1. The molecule has 1 saturated heterocycles. The van der Waals surface area contributed by atoms with E-state index in [1.165, 1.54) is 12.3 Å². The van der Waals surface area contributed by atoms with Crippen LogP contribution in [0.25, 0.3) is 11.0 Å². The number of fused-ring (bicyclic) bond motifs is 1. The van der Waals surface area contributed by atoms with Crippen molar-refractivity contribution < 1.29 is 18.0 Å². The fourth-order valence-electron chi connectivity index (χ4n) is 4.34. The highest BCUT2D eigenvalue weighted by Gasteiger charge is 2.30. The number of hydrogen-bond acceptors (Lipinski definition) is 6. The molecule has 0 unspecified atom stereocenters. The van der Waals surface area contributed by atoms with Crippen molar-refractivity contribution in [3.8, 4) is 0 Å². The summed E-state index contributed by atoms with van der Waals surface area (Å²) >= 11 is 0. The van der Waals surface area contributed by atoms with Crippen molar-refractivity contribution in [2.45, 2.75) is 13.1 Å². The molecule has 5 rings (SSSR count). The lowest BCUT2D eigenvalue weighted by Gasteiger charge is -2.33. The molecule has 4 aromatic rings. The van der Waals surface area contributed by atoms with Crippen molar-refractivity contribution in [1.82, 2.24) is 19.9 Å². The first kappa shape index (κ1) is 25.6. The average Bonchev–Trinajstić information content (AvgIpc) is 3.37. The number of carbonyl (C=O) groups excluding carboxylic acids is 1. The first-order valence-electron chi connectivity index (χ1n) is 12.2. The predicted molar refractivity (Wildman–Crippen MR) is 143 cm³/mol. The molecule has 2 aromatic carbocycles. The number of nitrogens with zero attached hydrogens (tertiary/aromatic N) is 3. The van der Waals surface area contributed by atoms with Gasteiger partial charge in [-0.2, -0.15) is 13.2 Å². The number of alkyl halides is 3. The van der Waals surface area contributed by atoms with Gasteiger partial charge in [0, 0.05) is 61.0 Å². The van der Waals surface area contributed by atoms with Gasteiger partial charge in [0.25, 0.3) is 5.91 Å². The van der Waals surface area contributed by atoms with Gasteiger partial charge in [0.15, 0.2) is 0 Å². The molecule has 198 valence electrons. The molecule has 38 heavy (non-hydrogen) atoms. The van der Waals surface area contributed by atoms with E-state index in [-0.39, 0.29) is 5.91 Å². The Labute approximate surface area is 217 Å². The third-order valence-electron chi connectivity index (χ3n) is 6.57. The van der Waals surface area contributed by atoms with E-state index in [2.05, 4.69) is 43.0 Å². The molecular formula is C27H28F3N7O. The van der Waals surface area contributed by atoms with Crippen LogP contribution in [0.1, 0.15) is 21.5 Å². The first-order chi connectivity index (χ1) is 18.2. The summed E-state index contributed by atoms with van der Waals surface area (Å²) in [6.45, 7) is 5.25. The molecule has 3 heterocycles. The summed E-state index contributed by atoms with van der Waals surface area (Å²) in [6, 6.07) is 12.1. The van der Waals surface area contributed by atoms with Crippen LogP contribution < -0.4 is 16.1 Å². The van der Waals surface area contributed by atoms with Crippen LogP contribution >= 0.6 is 0 Å². The van der Waals surface area contributed by atoms with E-state index >= 15 is 0 Å². The quantitative estimate of drug-likeness (QED) is 0.269. The molecule has 1 aliphatic rings. The molecule has 4 N–H and O–H groups in total. The Morgan fingerprint density at radius 2 is 1.79 bits per heavy atom. The number of aromatic nitrogens is 2. The summed E-state index contributed by atoms with van der Waals surface area (Å²) in [5.74, 6) is -0.350. The van der Waals surface area contributed by atoms with Gasteiger partial charge in [0.2, 0.25) is 0 Å². The standard InChI is InChI=1S/C27H28F3N7O/c1-17-6-7-20(33-19-5-3-4-18(14-19)27(28,29)30)15-23(17)34-26(38)22-16-32-25-21(8-9-31-25)24(22)35-37-12-10-36(2)11-13-37/h3-9,14-16,33H,10-13H2,1-2H3,(H,34,38)(H2,31,32,35). The topological polar surface area (TPSA) is 88.3 Å². The molecular weight excluding hydrogens is 495 g/mol. The minimum Gasteiger partial charge on any atom is -0.355 e. The summed E-state index contributed by atoms with van der Waals surface area (Å²) in [7, 11) is 2.07. The number of benzene rings is 2. The number of amides is 1. The fraction of sp³-hybridized carbons (Fsp3) is 0.259. The van der Waals surface area contributed by atoms with Crippen molar-refractivity contribution >= 4 is 39.7 Å². The molecule has 2 aromatic heterocycles. The molecule has 1 fully saturated rings. The number of rotatable bonds is 6. The Bertz CT molecular complexity index is 1460. The van der Waals surface area contributed by atoms with E-state index in [1.54, 1.807) is 30.5 Å². The lowest BCUT2D eigenvalue weighted by atomic mass is 10.1. The van der Waals surface area contributed by atoms with E-state index in [9.17, 15) is 18.0 Å². The van der Waals surface area contributed by atoms with Gasteiger partial charge in [0.1, 0.15) is 5.65 Å². The molecule has 1 amide bonds. The van der Waals surface area contributed by atoms with Gasteiger partial charge in [0.05, 0.1) is 16.8 Å². The Morgan fingerprint density at radius 3 is 2.55 bits per heavy atom. The fourth-order valence-corrected chi connectivity index (χ4v) is 4.34. The summed E-state index contributed by atoms with van der Waals surface area (Å²) in [4.78, 5) is 23.2. The van der Waals surface area contributed by atoms with Gasteiger partial charge >= 0.3 is 6.18 Å². The molecule has 0 atom stereocenters. The van der Waals surface area contributed by atoms with Crippen molar-refractivity contribution in [1.29, 1.82) is 0 Å². The number of aromatic amines is 1. The second kappa shape index (κ2) is 10.3. The van der Waals surface area contributed by atoms with Crippen LogP contribution in [-0.4, -0.2) is 59.0 Å². The van der Waals surface area contributed by atoms with Crippen LogP contribution in [0.3, 0.4) is 0 Å². The number of aryl methyl sites for hydroxylation is 1. The highest BCUT2D eigenvalue weighted by Crippen LogP contribution is 2.32. The highest BCUT2D eigenvalue weighted by molar-refractivity contribution is 6.12. The average molecular weight is 524 g/mol. The number of hydrogen-bond donors (Lipinski definition) is 4. The zero-order valence-corrected chi connectivity index (χ0v) is 21.0. The monoisotopic (exact) mass is 523 g/mol. The lowest BCUT2D eigenvalue weighted by Crippen LogP contribution is -2.47. The van der Waals surface area contributed by atoms with Crippen LogP contribution in [-0.2, 0) is 6.18 Å². The number of nitrogens with one attached hydrogen (secondary N) is 4. The number of pyridine rings is 1. The van der Waals surface area contributed by atoms with Crippen LogP contribution in [0, 0.1) is 6.92 Å². The molecule has 0 aliphatic carbocycles. The third kappa shape index (κ3) is 5.58. The van der Waals surface area contributed by atoms with E-state index in [0.29, 0.717) is 34.0 Å². The largest absolute Gasteiger partial charge is 0.416 e. The summed E-state index contributed by atoms with van der Waals surface area (Å²) in [5.41, 5.74) is 6.57. The maximum atomic E-state index is 13.5. The zero-order chi connectivity index (χ0) is 26.9. The third-order valence-corrected chi connectivity index (χ3v) is 6.57. The number of carbonyl (C=O) groups is 1. The minimum atomic E-state index is -4.44. The van der Waals surface area contributed by atoms with Gasteiger partial charge in [-0.25, -0.2) is 9.99 Å². The molecule has 0 saturated carbocycles. The highest BCUT2D eigenvalue weighted by atomic mass is 19.4. The summed E-state index contributed by atoms with van der Waals surface area (Å²) in [5, 5.41) is 8.84. The van der Waals surface area contributed by atoms with Crippen LogP contribution in [0.4, 0.5) is 35.9 Å². The SMILES string of the molecule is Cc1ccc(Nc2cccc(C(F)(F)F)c2)cc1NC(=O)c1cnc2[nH]ccc2c1NN1CCN(C)CC1. The van der Waals surface area contributed by atoms with Crippen LogP contribution in [0.2, 0.25) is 0 Å². The number of anilines is 4. The van der Waals surface area contributed by atoms with Crippen LogP contribution in [0.15, 0.2) is 60.9 Å². The van der Waals surface area contributed by atoms with E-state index in [0.717, 1.165) is 49.3 Å². The Kier molecular flexibility index (Phi) is 6.96. The number of H-pyrrole nitrogens is 1. The van der Waals surface area contributed by atoms with Crippen molar-refractivity contribution in [2.24, 2.45) is 0 Å². The van der Waals surface area contributed by atoms with Crippen molar-refractivity contribution in [3.63, 3.8) is 0 Å². The molecule has 0 radical (unpaired) electrons. The molecule has 11 heteroatoms. The first-order valence-corrected chi connectivity index (χ1v) is 12.2. The maximum absolute atomic E-state index is 13.5. The predicted octanol–water partition coefficient (Wildman–Crippen LogP) is 5.46. The Hall–Kier alpha value is -4.09. The molecule has 0 spiro atoms. The van der Waals surface area contributed by atoms with Gasteiger partial charge < -0.3 is 25.9 Å². The smallest absolute Gasteiger partial charge is 0.355 e. The normalized spacial score (nSPS) is 15.0. The van der Waals surface area contributed by atoms with Gasteiger partial charge in [-0.3, -0.25) is 4.79 Å². The van der Waals surface area contributed by atoms with Crippen LogP contribution in [0.5, 0.6) is 0 Å². The van der Waals surface area contributed by atoms with Crippen molar-refractivity contribution in [3.05, 3.63) is 77.6 Å². The Morgan fingerprint density at radius 1 is 1.03 bits per heavy atom. The minimum absolute atomic E-state index is 0.293. The van der Waals surface area contributed by atoms with E-state index in [1.807, 2.05) is 13.0 Å². The lowest BCUT2D eigenvalue weighted by molar-refractivity contribution is -0.137. The second-order valence-electron chi connectivity index (χ2n) is 9.38. The second-order valence-corrected chi connectivity index (χ2v) is 9.38. The maximum Gasteiger partial charge on any atom is 0.416 e. The Balaban J connectivity index is 1.39. The zero-order valence-electron chi connectivity index (χ0n) is 21.0.